The Labute approximate surface area is 171 Å². The van der Waals surface area contributed by atoms with Crippen molar-refractivity contribution in [2.24, 2.45) is 0 Å². The maximum atomic E-state index is 12.9. The van der Waals surface area contributed by atoms with E-state index in [1.807, 2.05) is 0 Å². The second-order valence-electron chi connectivity index (χ2n) is 6.87. The molecule has 156 valence electrons. The molecule has 0 saturated carbocycles. The number of amides is 2. The average Bonchev–Trinajstić information content (AvgIpc) is 3.10. The number of nitrogens with zero attached hydrogens (tertiary/aromatic N) is 3. The smallest absolute Gasteiger partial charge is 0.412 e. The number of hydrogen-bond acceptors (Lipinski definition) is 8. The molecule has 1 heterocycles. The lowest BCUT2D eigenvalue weighted by molar-refractivity contribution is -0.380. The molecule has 0 spiro atoms. The molecule has 11 heteroatoms. The number of benzene rings is 1. The third-order valence-corrected chi connectivity index (χ3v) is 4.44. The van der Waals surface area contributed by atoms with Crippen molar-refractivity contribution in [3.63, 3.8) is 0 Å². The molecule has 0 unspecified atom stereocenters. The van der Waals surface area contributed by atoms with Crippen LogP contribution in [-0.4, -0.2) is 41.2 Å². The molecular formula is C18H22N4O6S. The minimum absolute atomic E-state index is 0.165. The zero-order chi connectivity index (χ0) is 21.8. The first-order valence-corrected chi connectivity index (χ1v) is 9.48. The molecule has 2 amide bonds. The summed E-state index contributed by atoms with van der Waals surface area (Å²) in [4.78, 5) is 40.2. The molecular weight excluding hydrogens is 400 g/mol. The number of carbonyl (C=O) groups is 2. The van der Waals surface area contributed by atoms with Crippen LogP contribution in [0.3, 0.4) is 0 Å². The SMILES string of the molecule is CCOc1cc(NC(=O)OC(C)(C)C)ccc1C(=O)N(C)c1ncc([N+](=O)[O-])s1. The number of aromatic nitrogens is 1. The zero-order valence-electron chi connectivity index (χ0n) is 16.7. The largest absolute Gasteiger partial charge is 0.493 e. The summed E-state index contributed by atoms with van der Waals surface area (Å²) in [6.45, 7) is 7.30. The summed E-state index contributed by atoms with van der Waals surface area (Å²) in [5.74, 6) is -0.203. The Morgan fingerprint density at radius 1 is 1.34 bits per heavy atom. The lowest BCUT2D eigenvalue weighted by Crippen LogP contribution is -2.28. The number of nitro groups is 1. The van der Waals surface area contributed by atoms with Gasteiger partial charge in [-0.25, -0.2) is 9.78 Å². The van der Waals surface area contributed by atoms with Gasteiger partial charge in [0.25, 0.3) is 5.91 Å². The van der Waals surface area contributed by atoms with E-state index < -0.39 is 22.5 Å². The van der Waals surface area contributed by atoms with Gasteiger partial charge in [-0.05, 0) is 51.2 Å². The third kappa shape index (κ3) is 5.88. The van der Waals surface area contributed by atoms with Gasteiger partial charge >= 0.3 is 11.1 Å². The van der Waals surface area contributed by atoms with Gasteiger partial charge in [0.05, 0.1) is 17.1 Å². The van der Waals surface area contributed by atoms with Crippen molar-refractivity contribution in [3.8, 4) is 5.75 Å². The standard InChI is InChI=1S/C18H22N4O6S/c1-6-27-13-9-11(20-17(24)28-18(2,3)4)7-8-12(13)15(23)21(5)16-19-10-14(29-16)22(25)26/h7-10H,6H2,1-5H3,(H,20,24). The molecule has 29 heavy (non-hydrogen) atoms. The molecule has 0 atom stereocenters. The summed E-state index contributed by atoms with van der Waals surface area (Å²) < 4.78 is 10.8. The van der Waals surface area contributed by atoms with Gasteiger partial charge in [0.15, 0.2) is 5.13 Å². The lowest BCUT2D eigenvalue weighted by Gasteiger charge is -2.20. The van der Waals surface area contributed by atoms with Crippen LogP contribution in [0.1, 0.15) is 38.1 Å². The normalized spacial score (nSPS) is 10.9. The Morgan fingerprint density at radius 2 is 2.03 bits per heavy atom. The predicted molar refractivity (Wildman–Crippen MR) is 109 cm³/mol. The Bertz CT molecular complexity index is 921. The summed E-state index contributed by atoms with van der Waals surface area (Å²) >= 11 is 0.789. The van der Waals surface area contributed by atoms with Crippen LogP contribution >= 0.6 is 11.3 Å². The van der Waals surface area contributed by atoms with Gasteiger partial charge < -0.3 is 9.47 Å². The van der Waals surface area contributed by atoms with Gasteiger partial charge in [0.1, 0.15) is 17.5 Å². The molecule has 1 aromatic heterocycles. The van der Waals surface area contributed by atoms with E-state index in [-0.39, 0.29) is 21.4 Å². The van der Waals surface area contributed by atoms with E-state index in [1.165, 1.54) is 30.1 Å². The molecule has 1 aromatic carbocycles. The van der Waals surface area contributed by atoms with E-state index in [0.29, 0.717) is 12.3 Å². The van der Waals surface area contributed by atoms with Crippen LogP contribution in [0.4, 0.5) is 20.6 Å². The maximum Gasteiger partial charge on any atom is 0.412 e. The topological polar surface area (TPSA) is 124 Å². The highest BCUT2D eigenvalue weighted by Crippen LogP contribution is 2.31. The molecule has 0 aliphatic carbocycles. The fraction of sp³-hybridized carbons (Fsp3) is 0.389. The van der Waals surface area contributed by atoms with Crippen LogP contribution in [0.25, 0.3) is 0 Å². The second kappa shape index (κ2) is 8.86. The summed E-state index contributed by atoms with van der Waals surface area (Å²) in [7, 11) is 1.47. The van der Waals surface area contributed by atoms with Gasteiger partial charge in [-0.15, -0.1) is 0 Å². The number of nitrogens with one attached hydrogen (secondary N) is 1. The highest BCUT2D eigenvalue weighted by molar-refractivity contribution is 7.18. The summed E-state index contributed by atoms with van der Waals surface area (Å²) in [6.07, 6.45) is 0.465. The number of hydrogen-bond donors (Lipinski definition) is 1. The van der Waals surface area contributed by atoms with Gasteiger partial charge in [0, 0.05) is 18.8 Å². The fourth-order valence-corrected chi connectivity index (χ4v) is 2.93. The molecule has 0 aliphatic rings. The summed E-state index contributed by atoms with van der Waals surface area (Å²) in [5, 5.41) is 13.4. The van der Waals surface area contributed by atoms with Gasteiger partial charge in [-0.1, -0.05) is 0 Å². The van der Waals surface area contributed by atoms with Crippen LogP contribution in [0.15, 0.2) is 24.4 Å². The molecule has 10 nitrogen and oxygen atoms in total. The number of carbonyl (C=O) groups excluding carboxylic acids is 2. The molecule has 1 N–H and O–H groups in total. The quantitative estimate of drug-likeness (QED) is 0.549. The van der Waals surface area contributed by atoms with E-state index in [4.69, 9.17) is 9.47 Å². The Morgan fingerprint density at radius 3 is 2.59 bits per heavy atom. The first-order chi connectivity index (χ1) is 13.5. The van der Waals surface area contributed by atoms with Crippen LogP contribution in [0.5, 0.6) is 5.75 Å². The first-order valence-electron chi connectivity index (χ1n) is 8.67. The van der Waals surface area contributed by atoms with Gasteiger partial charge in [-0.3, -0.25) is 25.1 Å². The number of ether oxygens (including phenoxy) is 2. The molecule has 0 saturated heterocycles. The zero-order valence-corrected chi connectivity index (χ0v) is 17.5. The van der Waals surface area contributed by atoms with Crippen LogP contribution in [0.2, 0.25) is 0 Å². The molecule has 2 rings (SSSR count). The van der Waals surface area contributed by atoms with E-state index in [2.05, 4.69) is 10.3 Å². The van der Waals surface area contributed by atoms with Crippen molar-refractivity contribution in [3.05, 3.63) is 40.1 Å². The van der Waals surface area contributed by atoms with Gasteiger partial charge in [0.2, 0.25) is 0 Å². The molecule has 2 aromatic rings. The monoisotopic (exact) mass is 422 g/mol. The van der Waals surface area contributed by atoms with Crippen LogP contribution < -0.4 is 15.0 Å². The third-order valence-electron chi connectivity index (χ3n) is 3.41. The molecule has 0 aliphatic heterocycles. The minimum atomic E-state index is -0.651. The van der Waals surface area contributed by atoms with E-state index in [1.54, 1.807) is 27.7 Å². The van der Waals surface area contributed by atoms with Crippen LogP contribution in [-0.2, 0) is 4.74 Å². The summed E-state index contributed by atoms with van der Waals surface area (Å²) in [5.41, 5.74) is -0.0318. The van der Waals surface area contributed by atoms with E-state index >= 15 is 0 Å². The number of anilines is 2. The molecule has 0 bridgehead atoms. The summed E-state index contributed by atoms with van der Waals surface area (Å²) in [6, 6.07) is 4.55. The second-order valence-corrected chi connectivity index (χ2v) is 7.86. The van der Waals surface area contributed by atoms with Crippen molar-refractivity contribution in [1.29, 1.82) is 0 Å². The predicted octanol–water partition coefficient (Wildman–Crippen LogP) is 4.07. The highest BCUT2D eigenvalue weighted by atomic mass is 32.1. The van der Waals surface area contributed by atoms with Crippen LogP contribution in [0, 0.1) is 10.1 Å². The van der Waals surface area contributed by atoms with Crippen molar-refractivity contribution >= 4 is 39.2 Å². The highest BCUT2D eigenvalue weighted by Gasteiger charge is 2.23. The van der Waals surface area contributed by atoms with Gasteiger partial charge in [-0.2, -0.15) is 0 Å². The number of thiazole rings is 1. The van der Waals surface area contributed by atoms with Crippen molar-refractivity contribution in [1.82, 2.24) is 4.98 Å². The van der Waals surface area contributed by atoms with Crippen molar-refractivity contribution < 1.29 is 24.0 Å². The molecule has 0 radical (unpaired) electrons. The van der Waals surface area contributed by atoms with E-state index in [0.717, 1.165) is 17.5 Å². The Hall–Kier alpha value is -3.21. The first kappa shape index (κ1) is 22.1. The molecule has 0 fully saturated rings. The number of rotatable bonds is 6. The fourth-order valence-electron chi connectivity index (χ4n) is 2.24. The maximum absolute atomic E-state index is 12.9. The lowest BCUT2D eigenvalue weighted by atomic mass is 10.1. The van der Waals surface area contributed by atoms with E-state index in [9.17, 15) is 19.7 Å². The average molecular weight is 422 g/mol. The Balaban J connectivity index is 2.25. The minimum Gasteiger partial charge on any atom is -0.493 e. The Kier molecular flexibility index (Phi) is 6.75. The van der Waals surface area contributed by atoms with Crippen molar-refractivity contribution in [2.75, 3.05) is 23.9 Å². The van der Waals surface area contributed by atoms with Crippen molar-refractivity contribution in [2.45, 2.75) is 33.3 Å².